The number of nitrogens with one attached hydrogen (secondary N) is 3. The highest BCUT2D eigenvalue weighted by Crippen LogP contribution is 2.36. The summed E-state index contributed by atoms with van der Waals surface area (Å²) in [6.07, 6.45) is 9.22. The van der Waals surface area contributed by atoms with Gasteiger partial charge in [-0.1, -0.05) is 56.7 Å². The number of carbonyl (C=O) groups is 1. The van der Waals surface area contributed by atoms with Crippen molar-refractivity contribution in [3.05, 3.63) is 107 Å². The van der Waals surface area contributed by atoms with Gasteiger partial charge in [0.05, 0.1) is 29.2 Å². The molecule has 0 unspecified atom stereocenters. The first-order valence-electron chi connectivity index (χ1n) is 15.1. The van der Waals surface area contributed by atoms with Crippen molar-refractivity contribution in [3.8, 4) is 5.69 Å². The lowest BCUT2D eigenvalue weighted by atomic mass is 9.90. The molecule has 0 aliphatic carbocycles. The van der Waals surface area contributed by atoms with Crippen LogP contribution in [0, 0.1) is 12.8 Å². The zero-order chi connectivity index (χ0) is 31.8. The molecule has 3 aliphatic heterocycles. The number of benzene rings is 2. The van der Waals surface area contributed by atoms with E-state index in [4.69, 9.17) is 5.10 Å². The fourth-order valence-electron chi connectivity index (χ4n) is 5.67. The summed E-state index contributed by atoms with van der Waals surface area (Å²) in [5.41, 5.74) is 5.09. The molecule has 2 aromatic carbocycles. The number of allylic oxidation sites excluding steroid dienone is 2. The molecule has 1 fully saturated rings. The molecule has 1 aromatic heterocycles. The number of para-hydroxylation sites is 1. The number of fused-ring (bicyclic) bond motifs is 1. The Bertz CT molecular complexity index is 1780. The number of amides is 2. The third-order valence-electron chi connectivity index (χ3n) is 8.27. The number of urea groups is 1. The predicted molar refractivity (Wildman–Crippen MR) is 181 cm³/mol. The molecule has 236 valence electrons. The average Bonchev–Trinajstić information content (AvgIpc) is 3.66. The van der Waals surface area contributed by atoms with Crippen LogP contribution in [0.1, 0.15) is 50.4 Å². The largest absolute Gasteiger partial charge is 0.324 e. The number of rotatable bonds is 7. The molecule has 3 aliphatic rings. The van der Waals surface area contributed by atoms with Crippen LogP contribution in [0.25, 0.3) is 5.69 Å². The van der Waals surface area contributed by atoms with Crippen molar-refractivity contribution >= 4 is 39.7 Å². The Morgan fingerprint density at radius 1 is 1.07 bits per heavy atom. The minimum absolute atomic E-state index is 0.195. The Morgan fingerprint density at radius 3 is 2.53 bits per heavy atom. The summed E-state index contributed by atoms with van der Waals surface area (Å²) in [6.45, 7) is 9.23. The van der Waals surface area contributed by atoms with E-state index < -0.39 is 10.0 Å². The van der Waals surface area contributed by atoms with Gasteiger partial charge >= 0.3 is 6.03 Å². The number of piperidine rings is 1. The molecule has 2 amide bonds. The van der Waals surface area contributed by atoms with Gasteiger partial charge in [0, 0.05) is 42.7 Å². The fraction of sp³-hybridized carbons (Fsp3) is 0.333. The number of aromatic nitrogens is 2. The van der Waals surface area contributed by atoms with E-state index in [1.807, 2.05) is 72.0 Å². The zero-order valence-corrected chi connectivity index (χ0v) is 27.6. The number of carbonyl (C=O) groups excluding carboxylic acids is 1. The van der Waals surface area contributed by atoms with Gasteiger partial charge in [-0.25, -0.2) is 17.9 Å². The van der Waals surface area contributed by atoms with E-state index in [1.165, 1.54) is 12.1 Å². The van der Waals surface area contributed by atoms with Gasteiger partial charge in [0.25, 0.3) is 0 Å². The lowest BCUT2D eigenvalue weighted by molar-refractivity contribution is 0.261. The highest BCUT2D eigenvalue weighted by molar-refractivity contribution is 7.96. The molecule has 3 N–H and O–H groups in total. The molecule has 0 radical (unpaired) electrons. The first-order valence-corrected chi connectivity index (χ1v) is 17.3. The summed E-state index contributed by atoms with van der Waals surface area (Å²) >= 11 is 1.34. The SMILES string of the molecule is Cc1ccc(-n2nc(C(C)(C)C)cc2NC(=O)Nc2ccccc2CC2CCN(S(=O)(=O)C3=CC=CN4SNC=C34)CC2)cc1. The minimum atomic E-state index is -3.62. The topological polar surface area (TPSA) is 112 Å². The highest BCUT2D eigenvalue weighted by Gasteiger charge is 2.36. The van der Waals surface area contributed by atoms with Crippen LogP contribution in [0.4, 0.5) is 16.3 Å². The summed E-state index contributed by atoms with van der Waals surface area (Å²) in [5.74, 6) is 0.876. The van der Waals surface area contributed by atoms with Gasteiger partial charge in [0.1, 0.15) is 10.7 Å². The number of nitrogens with zero attached hydrogens (tertiary/aromatic N) is 4. The van der Waals surface area contributed by atoms with Gasteiger partial charge in [-0.3, -0.25) is 9.62 Å². The van der Waals surface area contributed by atoms with Crippen LogP contribution in [-0.2, 0) is 21.9 Å². The molecule has 12 heteroatoms. The summed E-state index contributed by atoms with van der Waals surface area (Å²) in [7, 11) is -3.62. The second-order valence-electron chi connectivity index (χ2n) is 12.6. The molecule has 4 heterocycles. The van der Waals surface area contributed by atoms with Gasteiger partial charge in [-0.05, 0) is 68.0 Å². The Hall–Kier alpha value is -4.00. The number of aryl methyl sites for hydroxylation is 1. The summed E-state index contributed by atoms with van der Waals surface area (Å²) < 4.78 is 35.2. The van der Waals surface area contributed by atoms with E-state index in [0.717, 1.165) is 47.5 Å². The number of hydrogen-bond acceptors (Lipinski definition) is 7. The maximum absolute atomic E-state index is 13.5. The first kappa shape index (κ1) is 31.0. The van der Waals surface area contributed by atoms with E-state index in [2.05, 4.69) is 36.1 Å². The zero-order valence-electron chi connectivity index (χ0n) is 25.9. The molecule has 3 aromatic rings. The van der Waals surface area contributed by atoms with Crippen molar-refractivity contribution < 1.29 is 13.2 Å². The maximum atomic E-state index is 13.5. The molecule has 1 saturated heterocycles. The van der Waals surface area contributed by atoms with Crippen molar-refractivity contribution in [2.45, 2.75) is 52.4 Å². The predicted octanol–water partition coefficient (Wildman–Crippen LogP) is 6.43. The van der Waals surface area contributed by atoms with Crippen LogP contribution in [0.3, 0.4) is 0 Å². The van der Waals surface area contributed by atoms with Crippen molar-refractivity contribution in [3.63, 3.8) is 0 Å². The summed E-state index contributed by atoms with van der Waals surface area (Å²) in [4.78, 5) is 13.7. The Balaban J connectivity index is 1.11. The fourth-order valence-corrected chi connectivity index (χ4v) is 8.03. The van der Waals surface area contributed by atoms with Crippen LogP contribution in [0.15, 0.2) is 89.8 Å². The Kier molecular flexibility index (Phi) is 8.55. The van der Waals surface area contributed by atoms with Crippen molar-refractivity contribution in [1.29, 1.82) is 0 Å². The second kappa shape index (κ2) is 12.4. The minimum Gasteiger partial charge on any atom is -0.316 e. The van der Waals surface area contributed by atoms with Gasteiger partial charge in [-0.2, -0.15) is 9.40 Å². The normalized spacial score (nSPS) is 17.4. The lowest BCUT2D eigenvalue weighted by Crippen LogP contribution is -2.40. The van der Waals surface area contributed by atoms with E-state index in [9.17, 15) is 13.2 Å². The first-order chi connectivity index (χ1) is 21.5. The number of sulfonamides is 1. The standard InChI is InChI=1S/C33H39N7O3S2/c1-23-11-13-26(14-12-23)40-31(21-30(37-40)33(2,3)4)36-32(41)35-27-9-6-5-8-25(27)20-24-15-18-38(19-16-24)45(42,43)29-10-7-17-39-28(29)22-34-44-39/h5-14,17,21-22,24,34H,15-16,18-20H2,1-4H3,(H2,35,36,41). The van der Waals surface area contributed by atoms with Crippen molar-refractivity contribution in [2.75, 3.05) is 23.7 Å². The van der Waals surface area contributed by atoms with Crippen molar-refractivity contribution in [2.24, 2.45) is 5.92 Å². The lowest BCUT2D eigenvalue weighted by Gasteiger charge is -2.33. The molecule has 0 atom stereocenters. The molecular weight excluding hydrogens is 607 g/mol. The Labute approximate surface area is 269 Å². The highest BCUT2D eigenvalue weighted by atomic mass is 32.2. The van der Waals surface area contributed by atoms with E-state index in [1.54, 1.807) is 27.3 Å². The number of hydrogen-bond donors (Lipinski definition) is 3. The molecule has 0 saturated carbocycles. The van der Waals surface area contributed by atoms with Crippen LogP contribution in [0.2, 0.25) is 0 Å². The summed E-state index contributed by atoms with van der Waals surface area (Å²) in [5, 5.41) is 10.9. The van der Waals surface area contributed by atoms with Crippen LogP contribution in [0.5, 0.6) is 0 Å². The monoisotopic (exact) mass is 645 g/mol. The van der Waals surface area contributed by atoms with Crippen LogP contribution >= 0.6 is 12.1 Å². The third kappa shape index (κ3) is 6.68. The molecular formula is C33H39N7O3S2. The second-order valence-corrected chi connectivity index (χ2v) is 15.4. The average molecular weight is 646 g/mol. The van der Waals surface area contributed by atoms with E-state index in [0.29, 0.717) is 35.4 Å². The van der Waals surface area contributed by atoms with Crippen LogP contribution < -0.4 is 15.4 Å². The van der Waals surface area contributed by atoms with Gasteiger partial charge in [0.2, 0.25) is 10.0 Å². The molecule has 45 heavy (non-hydrogen) atoms. The quantitative estimate of drug-likeness (QED) is 0.254. The van der Waals surface area contributed by atoms with Crippen molar-refractivity contribution in [1.82, 2.24) is 23.1 Å². The van der Waals surface area contributed by atoms with E-state index in [-0.39, 0.29) is 11.4 Å². The maximum Gasteiger partial charge on any atom is 0.324 e. The molecule has 10 nitrogen and oxygen atoms in total. The molecule has 0 spiro atoms. The third-order valence-corrected chi connectivity index (χ3v) is 11.0. The van der Waals surface area contributed by atoms with Gasteiger partial charge in [-0.15, -0.1) is 0 Å². The molecule has 6 rings (SSSR count). The van der Waals surface area contributed by atoms with Gasteiger partial charge in [0.15, 0.2) is 0 Å². The smallest absolute Gasteiger partial charge is 0.316 e. The molecule has 0 bridgehead atoms. The Morgan fingerprint density at radius 2 is 1.80 bits per heavy atom. The van der Waals surface area contributed by atoms with E-state index >= 15 is 0 Å². The number of anilines is 2. The summed E-state index contributed by atoms with van der Waals surface area (Å²) in [6, 6.07) is 17.4. The van der Waals surface area contributed by atoms with Gasteiger partial charge < -0.3 is 10.0 Å². The van der Waals surface area contributed by atoms with Crippen LogP contribution in [-0.4, -0.2) is 45.9 Å².